The van der Waals surface area contributed by atoms with Crippen LogP contribution in [0.25, 0.3) is 0 Å². The molecule has 0 spiro atoms. The smallest absolute Gasteiger partial charge is 0.251 e. The fourth-order valence-electron chi connectivity index (χ4n) is 2.38. The molecule has 18 heavy (non-hydrogen) atoms. The molecule has 98 valence electrons. The van der Waals surface area contributed by atoms with Gasteiger partial charge in [-0.1, -0.05) is 12.1 Å². The molecule has 0 N–H and O–H groups in total. The van der Waals surface area contributed by atoms with E-state index in [4.69, 9.17) is 0 Å². The monoisotopic (exact) mass is 253 g/mol. The van der Waals surface area contributed by atoms with E-state index in [1.807, 2.05) is 18.2 Å². The van der Waals surface area contributed by atoms with E-state index in [1.165, 1.54) is 23.1 Å². The Morgan fingerprint density at radius 1 is 1.33 bits per heavy atom. The molecule has 0 radical (unpaired) electrons. The minimum absolute atomic E-state index is 0.0448. The number of carbonyl (C=O) groups excluding carboxylic acids is 1. The van der Waals surface area contributed by atoms with Crippen molar-refractivity contribution in [1.29, 1.82) is 0 Å². The van der Waals surface area contributed by atoms with Gasteiger partial charge in [0.1, 0.15) is 0 Å². The van der Waals surface area contributed by atoms with Crippen LogP contribution >= 0.6 is 0 Å². The Labute approximate surface area is 106 Å². The van der Waals surface area contributed by atoms with Gasteiger partial charge in [-0.3, -0.25) is 9.69 Å². The minimum atomic E-state index is -2.40. The van der Waals surface area contributed by atoms with Gasteiger partial charge in [-0.15, -0.1) is 0 Å². The Balaban J connectivity index is 2.01. The van der Waals surface area contributed by atoms with E-state index in [2.05, 4.69) is 0 Å². The molecule has 0 saturated carbocycles. The Morgan fingerprint density at radius 3 is 2.78 bits per heavy atom. The summed E-state index contributed by atoms with van der Waals surface area (Å²) in [6.07, 6.45) is 0.833. The van der Waals surface area contributed by atoms with Crippen molar-refractivity contribution in [1.82, 2.24) is 4.90 Å². The largest absolute Gasteiger partial charge is 0.293 e. The van der Waals surface area contributed by atoms with E-state index < -0.39 is 6.43 Å². The maximum atomic E-state index is 12.2. The van der Waals surface area contributed by atoms with E-state index in [0.29, 0.717) is 5.56 Å². The zero-order valence-corrected chi connectivity index (χ0v) is 10.5. The molecular weight excluding hydrogens is 236 g/mol. The molecule has 0 saturated heterocycles. The number of alkyl halides is 2. The lowest BCUT2D eigenvalue weighted by atomic mass is 10.0. The van der Waals surface area contributed by atoms with Crippen LogP contribution in [-0.2, 0) is 12.8 Å². The summed E-state index contributed by atoms with van der Waals surface area (Å²) in [7, 11) is 1.54. The van der Waals surface area contributed by atoms with Crippen molar-refractivity contribution < 1.29 is 13.6 Å². The van der Waals surface area contributed by atoms with Gasteiger partial charge < -0.3 is 0 Å². The highest BCUT2D eigenvalue weighted by atomic mass is 19.3. The van der Waals surface area contributed by atoms with Crippen LogP contribution in [0.15, 0.2) is 18.2 Å². The van der Waals surface area contributed by atoms with Crippen LogP contribution in [0.2, 0.25) is 0 Å². The fourth-order valence-corrected chi connectivity index (χ4v) is 2.38. The second kappa shape index (κ2) is 5.57. The van der Waals surface area contributed by atoms with Gasteiger partial charge in [0, 0.05) is 5.56 Å². The number of fused-ring (bicyclic) bond motifs is 1. The van der Waals surface area contributed by atoms with E-state index in [-0.39, 0.29) is 18.9 Å². The number of hydrogen-bond acceptors (Lipinski definition) is 2. The number of rotatable bonds is 5. The third-order valence-electron chi connectivity index (χ3n) is 3.28. The van der Waals surface area contributed by atoms with Gasteiger partial charge in [0.25, 0.3) is 6.43 Å². The summed E-state index contributed by atoms with van der Waals surface area (Å²) in [6, 6.07) is 5.71. The highest BCUT2D eigenvalue weighted by molar-refractivity contribution is 5.97. The molecule has 0 heterocycles. The van der Waals surface area contributed by atoms with Crippen LogP contribution in [0.3, 0.4) is 0 Å². The summed E-state index contributed by atoms with van der Waals surface area (Å²) in [5.74, 6) is -0.0900. The Hall–Kier alpha value is -1.29. The molecule has 1 aromatic carbocycles. The summed E-state index contributed by atoms with van der Waals surface area (Å²) < 4.78 is 24.3. The summed E-state index contributed by atoms with van der Waals surface area (Å²) in [5.41, 5.74) is 3.18. The highest BCUT2D eigenvalue weighted by Gasteiger charge is 2.16. The third kappa shape index (κ3) is 3.13. The predicted molar refractivity (Wildman–Crippen MR) is 66.3 cm³/mol. The number of halogens is 2. The summed E-state index contributed by atoms with van der Waals surface area (Å²) in [5, 5.41) is 0. The molecule has 2 nitrogen and oxygen atoms in total. The Bertz CT molecular complexity index is 445. The summed E-state index contributed by atoms with van der Waals surface area (Å²) in [4.78, 5) is 13.3. The molecule has 0 amide bonds. The quantitative estimate of drug-likeness (QED) is 0.752. The van der Waals surface area contributed by atoms with Gasteiger partial charge in [-0.25, -0.2) is 8.78 Å². The van der Waals surface area contributed by atoms with E-state index in [9.17, 15) is 13.6 Å². The van der Waals surface area contributed by atoms with Crippen molar-refractivity contribution >= 4 is 5.78 Å². The van der Waals surface area contributed by atoms with Crippen LogP contribution in [0, 0.1) is 0 Å². The Morgan fingerprint density at radius 2 is 2.06 bits per heavy atom. The molecule has 1 aliphatic carbocycles. The van der Waals surface area contributed by atoms with E-state index in [0.717, 1.165) is 19.3 Å². The molecule has 2 rings (SSSR count). The molecule has 1 aromatic rings. The first-order chi connectivity index (χ1) is 8.56. The minimum Gasteiger partial charge on any atom is -0.293 e. The molecule has 0 aliphatic heterocycles. The van der Waals surface area contributed by atoms with Gasteiger partial charge in [-0.05, 0) is 43.5 Å². The zero-order valence-electron chi connectivity index (χ0n) is 10.5. The first kappa shape index (κ1) is 13.1. The van der Waals surface area contributed by atoms with Gasteiger partial charge in [0.05, 0.1) is 13.1 Å². The van der Waals surface area contributed by atoms with Crippen molar-refractivity contribution in [2.24, 2.45) is 0 Å². The van der Waals surface area contributed by atoms with Crippen molar-refractivity contribution in [3.63, 3.8) is 0 Å². The number of carbonyl (C=O) groups is 1. The van der Waals surface area contributed by atoms with Crippen LogP contribution < -0.4 is 0 Å². The maximum Gasteiger partial charge on any atom is 0.251 e. The normalized spacial score (nSPS) is 14.3. The van der Waals surface area contributed by atoms with Crippen molar-refractivity contribution in [2.45, 2.75) is 25.7 Å². The van der Waals surface area contributed by atoms with Crippen LogP contribution in [0.5, 0.6) is 0 Å². The second-order valence-corrected chi connectivity index (χ2v) is 4.85. The predicted octanol–water partition coefficient (Wildman–Crippen LogP) is 2.55. The number of ketones is 1. The number of aryl methyl sites for hydroxylation is 2. The van der Waals surface area contributed by atoms with Crippen LogP contribution in [0.4, 0.5) is 8.78 Å². The number of likely N-dealkylation sites (N-methyl/N-ethyl adjacent to an activating group) is 1. The van der Waals surface area contributed by atoms with Gasteiger partial charge in [0.2, 0.25) is 0 Å². The van der Waals surface area contributed by atoms with Gasteiger partial charge >= 0.3 is 0 Å². The molecule has 1 aliphatic rings. The van der Waals surface area contributed by atoms with Crippen LogP contribution in [0.1, 0.15) is 27.9 Å². The standard InChI is InChI=1S/C14H17F2NO/c1-17(9-14(15)16)8-13(18)12-6-5-10-3-2-4-11(10)7-12/h5-7,14H,2-4,8-9H2,1H3. The molecule has 0 atom stereocenters. The maximum absolute atomic E-state index is 12.2. The molecule has 0 fully saturated rings. The molecule has 0 bridgehead atoms. The lowest BCUT2D eigenvalue weighted by molar-refractivity contribution is 0.0820. The number of hydrogen-bond donors (Lipinski definition) is 0. The topological polar surface area (TPSA) is 20.3 Å². The second-order valence-electron chi connectivity index (χ2n) is 4.85. The highest BCUT2D eigenvalue weighted by Crippen LogP contribution is 2.23. The average Bonchev–Trinajstić information content (AvgIpc) is 2.74. The van der Waals surface area contributed by atoms with Gasteiger partial charge in [0.15, 0.2) is 5.78 Å². The lowest BCUT2D eigenvalue weighted by Crippen LogP contribution is -2.30. The van der Waals surface area contributed by atoms with E-state index in [1.54, 1.807) is 0 Å². The third-order valence-corrected chi connectivity index (χ3v) is 3.28. The number of benzene rings is 1. The van der Waals surface area contributed by atoms with Gasteiger partial charge in [-0.2, -0.15) is 0 Å². The molecule has 0 unspecified atom stereocenters. The van der Waals surface area contributed by atoms with Crippen LogP contribution in [-0.4, -0.2) is 37.2 Å². The van der Waals surface area contributed by atoms with E-state index >= 15 is 0 Å². The summed E-state index contributed by atoms with van der Waals surface area (Å²) in [6.45, 7) is -0.320. The molecule has 4 heteroatoms. The Kier molecular flexibility index (Phi) is 4.07. The lowest BCUT2D eigenvalue weighted by Gasteiger charge is -2.15. The first-order valence-electron chi connectivity index (χ1n) is 6.18. The van der Waals surface area contributed by atoms with Crippen molar-refractivity contribution in [2.75, 3.05) is 20.1 Å². The fraction of sp³-hybridized carbons (Fsp3) is 0.500. The summed E-state index contributed by atoms with van der Waals surface area (Å²) >= 11 is 0. The zero-order chi connectivity index (χ0) is 13.1. The number of Topliss-reactive ketones (excluding diaryl/α,β-unsaturated/α-hetero) is 1. The van der Waals surface area contributed by atoms with Crippen molar-refractivity contribution in [3.05, 3.63) is 34.9 Å². The first-order valence-corrected chi connectivity index (χ1v) is 6.18. The molecular formula is C14H17F2NO. The SMILES string of the molecule is CN(CC(=O)c1ccc2c(c1)CCC2)CC(F)F. The number of nitrogens with zero attached hydrogens (tertiary/aromatic N) is 1. The average molecular weight is 253 g/mol. The van der Waals surface area contributed by atoms with Crippen molar-refractivity contribution in [3.8, 4) is 0 Å². The molecule has 0 aromatic heterocycles.